The van der Waals surface area contributed by atoms with Gasteiger partial charge in [0.05, 0.1) is 44.1 Å². The molecular formula is C42H33I4N6-. The van der Waals surface area contributed by atoms with Crippen molar-refractivity contribution in [1.82, 2.24) is 28.7 Å². The summed E-state index contributed by atoms with van der Waals surface area (Å²) < 4.78 is 4.52. The second kappa shape index (κ2) is 15.6. The summed E-state index contributed by atoms with van der Waals surface area (Å²) in [7, 11) is 0. The van der Waals surface area contributed by atoms with Crippen molar-refractivity contribution in [2.24, 2.45) is 0 Å². The Morgan fingerprint density at radius 3 is 1.60 bits per heavy atom. The van der Waals surface area contributed by atoms with Gasteiger partial charge in [0.25, 0.3) is 0 Å². The van der Waals surface area contributed by atoms with E-state index < -0.39 is 0 Å². The van der Waals surface area contributed by atoms with E-state index in [4.69, 9.17) is 15.0 Å². The van der Waals surface area contributed by atoms with Gasteiger partial charge in [0.15, 0.2) is 0 Å². The van der Waals surface area contributed by atoms with E-state index in [1.807, 2.05) is 43.6 Å². The van der Waals surface area contributed by atoms with Gasteiger partial charge in [0.2, 0.25) is 0 Å². The van der Waals surface area contributed by atoms with Crippen LogP contribution in [0.1, 0.15) is 37.8 Å². The number of benzene rings is 4. The molecule has 0 aliphatic rings. The molecule has 0 fully saturated rings. The molecule has 260 valence electrons. The van der Waals surface area contributed by atoms with Crippen LogP contribution < -0.4 is 13.3 Å². The average Bonchev–Trinajstić information content (AvgIpc) is 3.75. The van der Waals surface area contributed by atoms with Crippen LogP contribution in [0.4, 0.5) is 0 Å². The fraction of sp³-hybridized carbons (Fsp3) is 0.0952. The third kappa shape index (κ3) is 6.30. The number of imidazole rings is 2. The number of allylic oxidation sites excluding steroid dienone is 1. The second-order valence-electron chi connectivity index (χ2n) is 12.7. The molecule has 52 heavy (non-hydrogen) atoms. The normalized spacial score (nSPS) is 11.4. The van der Waals surface area contributed by atoms with Gasteiger partial charge < -0.3 is 0 Å². The molecule has 0 atom stereocenters. The maximum atomic E-state index is 4.89. The summed E-state index contributed by atoms with van der Waals surface area (Å²) in [6.07, 6.45) is 3.72. The summed E-state index contributed by atoms with van der Waals surface area (Å²) in [4.78, 5) is 19.2. The van der Waals surface area contributed by atoms with Crippen molar-refractivity contribution in [3.05, 3.63) is 139 Å². The van der Waals surface area contributed by atoms with Crippen LogP contribution in [0.15, 0.2) is 128 Å². The quantitative estimate of drug-likeness (QED) is 0.128. The van der Waals surface area contributed by atoms with E-state index in [0.717, 1.165) is 77.2 Å². The summed E-state index contributed by atoms with van der Waals surface area (Å²) >= 11 is 5.30. The van der Waals surface area contributed by atoms with Crippen molar-refractivity contribution in [2.75, 3.05) is 0 Å². The number of para-hydroxylation sites is 4. The third-order valence-electron chi connectivity index (χ3n) is 9.37. The molecule has 0 amide bonds. The number of rotatable bonds is 2. The maximum absolute atomic E-state index is 4.89. The summed E-state index contributed by atoms with van der Waals surface area (Å²) in [5.74, 6) is 0.436. The van der Waals surface area contributed by atoms with Gasteiger partial charge in [0.1, 0.15) is 11.3 Å². The molecule has 0 aliphatic carbocycles. The molecule has 0 saturated heterocycles. The molecule has 6 nitrogen and oxygen atoms in total. The van der Waals surface area contributed by atoms with Crippen LogP contribution >= 0.6 is 61.2 Å². The Hall–Kier alpha value is -3.22. The molecule has 0 N–H and O–H groups in total. The Labute approximate surface area is 347 Å². The zero-order valence-corrected chi connectivity index (χ0v) is 37.4. The third-order valence-corrected chi connectivity index (χ3v) is 9.37. The zero-order valence-electron chi connectivity index (χ0n) is 28.6. The molecule has 0 aliphatic heterocycles. The first-order valence-electron chi connectivity index (χ1n) is 16.6. The van der Waals surface area contributed by atoms with Gasteiger partial charge in [0, 0.05) is 33.9 Å². The standard InChI is InChI=1S/C21H17N3.C21H15N3.I3.HI/c2*1-13(2)14-7-5-11-18-19(14)20-15(8-6-12-22-20)21-23-16-9-3-4-10-17(16)24(18)21;1-3-2;/h3-13H,1-2H3;3-12H,1H2,2H3;;1H/q;;-1;. The van der Waals surface area contributed by atoms with Gasteiger partial charge in [-0.15, -0.1) is 24.0 Å². The second-order valence-corrected chi connectivity index (χ2v) is 29.0. The number of hydrogen-bond donors (Lipinski definition) is 0. The molecule has 6 aromatic heterocycles. The van der Waals surface area contributed by atoms with E-state index in [9.17, 15) is 0 Å². The Morgan fingerprint density at radius 2 is 1.08 bits per heavy atom. The summed E-state index contributed by atoms with van der Waals surface area (Å²) in [5, 5.41) is 4.54. The summed E-state index contributed by atoms with van der Waals surface area (Å²) in [6.45, 7) is 10.7. The van der Waals surface area contributed by atoms with Gasteiger partial charge in [-0.05, 0) is 84.6 Å². The molecule has 0 unspecified atom stereocenters. The number of nitrogens with zero attached hydrogens (tertiary/aromatic N) is 6. The van der Waals surface area contributed by atoms with Gasteiger partial charge in [-0.25, -0.2) is 9.97 Å². The first-order valence-corrected chi connectivity index (χ1v) is 29.2. The molecule has 0 bridgehead atoms. The SMILES string of the molecule is C=C(C)c1cccc2c1c1ncccc1c1nc3ccccc3n21.CC(C)c1cccc2c1c1ncccc1c1nc3ccccc3n21.I.I[I-]I. The number of halogens is 4. The van der Waals surface area contributed by atoms with Crippen molar-refractivity contribution in [3.63, 3.8) is 0 Å². The van der Waals surface area contributed by atoms with Crippen molar-refractivity contribution >= 4 is 144 Å². The molecular weight excluding hydrogens is 1100 g/mol. The minimum atomic E-state index is 0. The Morgan fingerprint density at radius 1 is 0.615 bits per heavy atom. The zero-order chi connectivity index (χ0) is 35.2. The van der Waals surface area contributed by atoms with Crippen LogP contribution in [0.3, 0.4) is 0 Å². The van der Waals surface area contributed by atoms with Crippen molar-refractivity contribution in [2.45, 2.75) is 26.7 Å². The van der Waals surface area contributed by atoms with Crippen LogP contribution in [0.2, 0.25) is 0 Å². The van der Waals surface area contributed by atoms with Crippen LogP contribution in [0.25, 0.3) is 82.5 Å². The molecule has 0 radical (unpaired) electrons. The Kier molecular flexibility index (Phi) is 11.2. The van der Waals surface area contributed by atoms with E-state index in [-0.39, 0.29) is 24.0 Å². The number of hydrogen-bond acceptors (Lipinski definition) is 4. The van der Waals surface area contributed by atoms with E-state index in [2.05, 4.69) is 156 Å². The van der Waals surface area contributed by atoms with Crippen molar-refractivity contribution in [1.29, 1.82) is 0 Å². The number of pyridine rings is 4. The molecule has 4 aromatic carbocycles. The minimum absolute atomic E-state index is 0. The predicted octanol–water partition coefficient (Wildman–Crippen LogP) is 9.93. The molecule has 6 heterocycles. The Balaban J connectivity index is 0.000000148. The van der Waals surface area contributed by atoms with E-state index in [0.29, 0.717) is 19.2 Å². The van der Waals surface area contributed by atoms with Gasteiger partial charge in [-0.1, -0.05) is 74.5 Å². The predicted molar refractivity (Wildman–Crippen MR) is 243 cm³/mol. The van der Waals surface area contributed by atoms with Crippen molar-refractivity contribution < 1.29 is 13.3 Å². The molecule has 10 heteroatoms. The van der Waals surface area contributed by atoms with Crippen LogP contribution in [-0.2, 0) is 0 Å². The monoisotopic (exact) mass is 1130 g/mol. The Bertz CT molecular complexity index is 2950. The van der Waals surface area contributed by atoms with Gasteiger partial charge in [-0.2, -0.15) is 0 Å². The fourth-order valence-corrected chi connectivity index (χ4v) is 7.28. The summed E-state index contributed by atoms with van der Waals surface area (Å²) in [6, 6.07) is 37.6. The van der Waals surface area contributed by atoms with E-state index in [1.165, 1.54) is 16.5 Å². The molecule has 10 aromatic rings. The van der Waals surface area contributed by atoms with Crippen LogP contribution in [-0.4, -0.2) is 28.7 Å². The van der Waals surface area contributed by atoms with Crippen molar-refractivity contribution in [3.8, 4) is 0 Å². The van der Waals surface area contributed by atoms with Crippen LogP contribution in [0.5, 0.6) is 0 Å². The van der Waals surface area contributed by atoms with E-state index in [1.54, 1.807) is 0 Å². The fourth-order valence-electron chi connectivity index (χ4n) is 7.28. The van der Waals surface area contributed by atoms with E-state index >= 15 is 0 Å². The van der Waals surface area contributed by atoms with Crippen LogP contribution in [0, 0.1) is 0 Å². The topological polar surface area (TPSA) is 60.4 Å². The number of aromatic nitrogens is 6. The first-order chi connectivity index (χ1) is 24.9. The molecule has 0 saturated carbocycles. The number of fused-ring (bicyclic) bond motifs is 16. The summed E-state index contributed by atoms with van der Waals surface area (Å²) in [5.41, 5.74) is 14.0. The van der Waals surface area contributed by atoms with Gasteiger partial charge >= 0.3 is 50.5 Å². The first kappa shape index (κ1) is 37.1. The molecule has 10 rings (SSSR count). The average molecular weight is 1130 g/mol. The molecule has 0 spiro atoms. The van der Waals surface area contributed by atoms with Gasteiger partial charge in [-0.3, -0.25) is 18.8 Å².